The summed E-state index contributed by atoms with van der Waals surface area (Å²) in [4.78, 5) is 21.6. The molecule has 0 saturated carbocycles. The van der Waals surface area contributed by atoms with Crippen molar-refractivity contribution in [2.45, 2.75) is 24.8 Å². The molecule has 0 radical (unpaired) electrons. The van der Waals surface area contributed by atoms with Gasteiger partial charge in [0.25, 0.3) is 0 Å². The number of ether oxygens (including phenoxy) is 1. The van der Waals surface area contributed by atoms with Crippen LogP contribution in [0.25, 0.3) is 10.9 Å². The lowest BCUT2D eigenvalue weighted by atomic mass is 10.2. The monoisotopic (exact) mass is 367 g/mol. The van der Waals surface area contributed by atoms with Gasteiger partial charge in [0.05, 0.1) is 24.1 Å². The van der Waals surface area contributed by atoms with Crippen molar-refractivity contribution in [3.8, 4) is 5.75 Å². The maximum atomic E-state index is 12.4. The van der Waals surface area contributed by atoms with Crippen molar-refractivity contribution in [2.24, 2.45) is 0 Å². The number of fused-ring (bicyclic) bond motifs is 1. The third-order valence-electron chi connectivity index (χ3n) is 3.81. The summed E-state index contributed by atoms with van der Waals surface area (Å²) in [6.45, 7) is 2.10. The number of methoxy groups -OCH3 is 1. The molecule has 26 heavy (non-hydrogen) atoms. The van der Waals surface area contributed by atoms with Crippen LogP contribution < -0.4 is 10.1 Å². The van der Waals surface area contributed by atoms with Gasteiger partial charge in [-0.15, -0.1) is 0 Å². The minimum absolute atomic E-state index is 0.0979. The first-order valence-electron chi connectivity index (χ1n) is 8.52. The molecule has 0 aliphatic carbocycles. The summed E-state index contributed by atoms with van der Waals surface area (Å²) in [5.41, 5.74) is 1.58. The number of carbonyl (C=O) groups is 1. The van der Waals surface area contributed by atoms with E-state index in [-0.39, 0.29) is 11.7 Å². The van der Waals surface area contributed by atoms with Gasteiger partial charge in [-0.25, -0.2) is 9.97 Å². The Bertz CT molecular complexity index is 914. The minimum atomic E-state index is -0.0979. The number of para-hydroxylation sites is 3. The normalized spacial score (nSPS) is 10.7. The van der Waals surface area contributed by atoms with Crippen LogP contribution in [0.1, 0.15) is 19.2 Å². The first-order chi connectivity index (χ1) is 12.7. The number of aryl methyl sites for hydroxylation is 1. The quantitative estimate of drug-likeness (QED) is 0.498. The van der Waals surface area contributed by atoms with E-state index in [9.17, 15) is 4.79 Å². The second kappa shape index (κ2) is 8.67. The number of rotatable bonds is 7. The van der Waals surface area contributed by atoms with Gasteiger partial charge in [0.15, 0.2) is 0 Å². The molecule has 5 nitrogen and oxygen atoms in total. The molecule has 2 aromatic carbocycles. The molecule has 0 aliphatic rings. The number of nitrogens with zero attached hydrogens (tertiary/aromatic N) is 2. The first kappa shape index (κ1) is 18.2. The van der Waals surface area contributed by atoms with Gasteiger partial charge in [-0.05, 0) is 24.6 Å². The van der Waals surface area contributed by atoms with Gasteiger partial charge in [-0.2, -0.15) is 0 Å². The number of anilines is 1. The molecule has 1 aromatic heterocycles. The topological polar surface area (TPSA) is 64.1 Å². The lowest BCUT2D eigenvalue weighted by molar-refractivity contribution is -0.113. The largest absolute Gasteiger partial charge is 0.495 e. The van der Waals surface area contributed by atoms with Gasteiger partial charge in [-0.3, -0.25) is 4.79 Å². The molecule has 0 saturated heterocycles. The van der Waals surface area contributed by atoms with Gasteiger partial charge in [0.1, 0.15) is 16.6 Å². The first-order valence-corrected chi connectivity index (χ1v) is 9.51. The highest BCUT2D eigenvalue weighted by atomic mass is 32.2. The summed E-state index contributed by atoms with van der Waals surface area (Å²) in [5, 5.41) is 4.71. The van der Waals surface area contributed by atoms with Crippen LogP contribution in [0.5, 0.6) is 5.75 Å². The SMILES string of the molecule is CCCc1nc(SCC(=O)Nc2ccccc2OC)c2ccccc2n1. The van der Waals surface area contributed by atoms with E-state index < -0.39 is 0 Å². The number of thioether (sulfide) groups is 1. The molecule has 3 rings (SSSR count). The van der Waals surface area contributed by atoms with Crippen LogP contribution in [0.2, 0.25) is 0 Å². The fourth-order valence-corrected chi connectivity index (χ4v) is 3.45. The predicted octanol–water partition coefficient (Wildman–Crippen LogP) is 4.32. The number of carbonyl (C=O) groups excluding carboxylic acids is 1. The number of hydrogen-bond donors (Lipinski definition) is 1. The molecule has 0 fully saturated rings. The Morgan fingerprint density at radius 1 is 1.12 bits per heavy atom. The lowest BCUT2D eigenvalue weighted by Gasteiger charge is -2.10. The molecular weight excluding hydrogens is 346 g/mol. The van der Waals surface area contributed by atoms with Gasteiger partial charge < -0.3 is 10.1 Å². The van der Waals surface area contributed by atoms with Crippen LogP contribution in [0.15, 0.2) is 53.6 Å². The fraction of sp³-hybridized carbons (Fsp3) is 0.250. The van der Waals surface area contributed by atoms with Crippen molar-refractivity contribution >= 4 is 34.3 Å². The summed E-state index contributed by atoms with van der Waals surface area (Å²) >= 11 is 1.43. The molecule has 0 unspecified atom stereocenters. The van der Waals surface area contributed by atoms with Crippen LogP contribution in [0.4, 0.5) is 5.69 Å². The molecule has 1 heterocycles. The van der Waals surface area contributed by atoms with Crippen LogP contribution >= 0.6 is 11.8 Å². The van der Waals surface area contributed by atoms with Crippen molar-refractivity contribution in [3.63, 3.8) is 0 Å². The average molecular weight is 367 g/mol. The maximum Gasteiger partial charge on any atom is 0.234 e. The number of amides is 1. The molecule has 1 N–H and O–H groups in total. The van der Waals surface area contributed by atoms with E-state index in [1.807, 2.05) is 48.5 Å². The standard InChI is InChI=1S/C20H21N3O2S/c1-3-8-18-21-15-10-5-4-9-14(15)20(23-18)26-13-19(24)22-16-11-6-7-12-17(16)25-2/h4-7,9-12H,3,8,13H2,1-2H3,(H,22,24). The highest BCUT2D eigenvalue weighted by Gasteiger charge is 2.12. The Hall–Kier alpha value is -2.60. The summed E-state index contributed by atoms with van der Waals surface area (Å²) in [6, 6.07) is 15.3. The Kier molecular flexibility index (Phi) is 6.07. The Balaban J connectivity index is 1.75. The Morgan fingerprint density at radius 2 is 1.88 bits per heavy atom. The lowest BCUT2D eigenvalue weighted by Crippen LogP contribution is -2.15. The minimum Gasteiger partial charge on any atom is -0.495 e. The zero-order valence-electron chi connectivity index (χ0n) is 14.9. The molecule has 0 bridgehead atoms. The number of hydrogen-bond acceptors (Lipinski definition) is 5. The van der Waals surface area contributed by atoms with E-state index in [4.69, 9.17) is 4.74 Å². The van der Waals surface area contributed by atoms with E-state index in [0.29, 0.717) is 11.4 Å². The third kappa shape index (κ3) is 4.32. The van der Waals surface area contributed by atoms with Gasteiger partial charge in [-0.1, -0.05) is 49.0 Å². The van der Waals surface area contributed by atoms with Crippen LogP contribution in [0.3, 0.4) is 0 Å². The van der Waals surface area contributed by atoms with E-state index in [0.717, 1.165) is 34.6 Å². The number of benzene rings is 2. The average Bonchev–Trinajstić information content (AvgIpc) is 2.67. The van der Waals surface area contributed by atoms with E-state index in [1.165, 1.54) is 11.8 Å². The summed E-state index contributed by atoms with van der Waals surface area (Å²) in [5.74, 6) is 1.63. The second-order valence-corrected chi connectivity index (χ2v) is 6.71. The molecule has 0 atom stereocenters. The highest BCUT2D eigenvalue weighted by molar-refractivity contribution is 8.00. The molecule has 1 amide bonds. The van der Waals surface area contributed by atoms with Gasteiger partial charge in [0.2, 0.25) is 5.91 Å². The zero-order valence-corrected chi connectivity index (χ0v) is 15.7. The van der Waals surface area contributed by atoms with E-state index in [1.54, 1.807) is 7.11 Å². The Labute approximate surface area is 157 Å². The van der Waals surface area contributed by atoms with Crippen molar-refractivity contribution in [3.05, 3.63) is 54.4 Å². The molecule has 134 valence electrons. The maximum absolute atomic E-state index is 12.4. The summed E-state index contributed by atoms with van der Waals surface area (Å²) < 4.78 is 5.27. The van der Waals surface area contributed by atoms with Gasteiger partial charge in [0, 0.05) is 11.8 Å². The van der Waals surface area contributed by atoms with Crippen molar-refractivity contribution in [2.75, 3.05) is 18.2 Å². The second-order valence-electron chi connectivity index (χ2n) is 5.75. The van der Waals surface area contributed by atoms with Crippen molar-refractivity contribution < 1.29 is 9.53 Å². The number of aromatic nitrogens is 2. The Morgan fingerprint density at radius 3 is 2.69 bits per heavy atom. The van der Waals surface area contributed by atoms with Crippen molar-refractivity contribution in [1.82, 2.24) is 9.97 Å². The highest BCUT2D eigenvalue weighted by Crippen LogP contribution is 2.27. The van der Waals surface area contributed by atoms with Gasteiger partial charge >= 0.3 is 0 Å². The molecule has 3 aromatic rings. The molecule has 0 spiro atoms. The van der Waals surface area contributed by atoms with E-state index in [2.05, 4.69) is 22.2 Å². The van der Waals surface area contributed by atoms with E-state index >= 15 is 0 Å². The molecule has 6 heteroatoms. The molecule has 0 aliphatic heterocycles. The summed E-state index contributed by atoms with van der Waals surface area (Å²) in [6.07, 6.45) is 1.81. The third-order valence-corrected chi connectivity index (χ3v) is 4.80. The van der Waals surface area contributed by atoms with Crippen LogP contribution in [-0.4, -0.2) is 28.7 Å². The fourth-order valence-electron chi connectivity index (χ4n) is 2.61. The van der Waals surface area contributed by atoms with Crippen molar-refractivity contribution in [1.29, 1.82) is 0 Å². The van der Waals surface area contributed by atoms with Crippen LogP contribution in [-0.2, 0) is 11.2 Å². The number of nitrogens with one attached hydrogen (secondary N) is 1. The zero-order chi connectivity index (χ0) is 18.4. The summed E-state index contributed by atoms with van der Waals surface area (Å²) in [7, 11) is 1.59. The molecular formula is C20H21N3O2S. The predicted molar refractivity (Wildman–Crippen MR) is 106 cm³/mol. The smallest absolute Gasteiger partial charge is 0.234 e. The van der Waals surface area contributed by atoms with Crippen LogP contribution in [0, 0.1) is 0 Å².